The van der Waals surface area contributed by atoms with Crippen molar-refractivity contribution in [3.05, 3.63) is 60.2 Å². The minimum Gasteiger partial charge on any atom is -0.315 e. The summed E-state index contributed by atoms with van der Waals surface area (Å²) in [6.07, 6.45) is 4.33. The van der Waals surface area contributed by atoms with E-state index in [0.717, 1.165) is 5.56 Å². The highest BCUT2D eigenvalue weighted by Crippen LogP contribution is 2.21. The van der Waals surface area contributed by atoms with Gasteiger partial charge >= 0.3 is 0 Å². The Kier molecular flexibility index (Phi) is 2.97. The van der Waals surface area contributed by atoms with Crippen LogP contribution in [0.3, 0.4) is 0 Å². The SMILES string of the molecule is CC(N)(C(=O)c1cncnc1)c1ccccc1. The van der Waals surface area contributed by atoms with Crippen molar-refractivity contribution in [2.75, 3.05) is 0 Å². The first-order valence-corrected chi connectivity index (χ1v) is 5.26. The molecule has 0 saturated heterocycles. The van der Waals surface area contributed by atoms with E-state index in [4.69, 9.17) is 5.73 Å². The average molecular weight is 227 g/mol. The number of ketones is 1. The van der Waals surface area contributed by atoms with Crippen LogP contribution in [0.15, 0.2) is 49.1 Å². The second-order valence-electron chi connectivity index (χ2n) is 4.02. The van der Waals surface area contributed by atoms with E-state index in [2.05, 4.69) is 9.97 Å². The van der Waals surface area contributed by atoms with Crippen LogP contribution in [0.25, 0.3) is 0 Å². The molecule has 2 rings (SSSR count). The van der Waals surface area contributed by atoms with E-state index in [1.54, 1.807) is 6.92 Å². The fourth-order valence-electron chi connectivity index (χ4n) is 1.63. The van der Waals surface area contributed by atoms with Crippen LogP contribution in [0, 0.1) is 0 Å². The van der Waals surface area contributed by atoms with Gasteiger partial charge in [0.1, 0.15) is 11.9 Å². The summed E-state index contributed by atoms with van der Waals surface area (Å²) in [6, 6.07) is 9.27. The number of Topliss-reactive ketones (excluding diaryl/α,β-unsaturated/α-hetero) is 1. The van der Waals surface area contributed by atoms with Crippen molar-refractivity contribution in [1.29, 1.82) is 0 Å². The van der Waals surface area contributed by atoms with Gasteiger partial charge in [-0.3, -0.25) is 4.79 Å². The lowest BCUT2D eigenvalue weighted by Crippen LogP contribution is -2.41. The lowest BCUT2D eigenvalue weighted by molar-refractivity contribution is 0.0899. The van der Waals surface area contributed by atoms with Gasteiger partial charge in [0.05, 0.1) is 5.56 Å². The summed E-state index contributed by atoms with van der Waals surface area (Å²) in [5.41, 5.74) is 6.23. The Bertz CT molecular complexity index is 509. The molecule has 2 N–H and O–H groups in total. The maximum absolute atomic E-state index is 12.3. The lowest BCUT2D eigenvalue weighted by atomic mass is 9.86. The van der Waals surface area contributed by atoms with E-state index in [9.17, 15) is 4.79 Å². The van der Waals surface area contributed by atoms with Gasteiger partial charge in [-0.1, -0.05) is 30.3 Å². The van der Waals surface area contributed by atoms with Crippen molar-refractivity contribution in [3.8, 4) is 0 Å². The fraction of sp³-hybridized carbons (Fsp3) is 0.154. The highest BCUT2D eigenvalue weighted by Gasteiger charge is 2.31. The first-order valence-electron chi connectivity index (χ1n) is 5.26. The van der Waals surface area contributed by atoms with Gasteiger partial charge in [0.15, 0.2) is 5.78 Å². The predicted molar refractivity (Wildman–Crippen MR) is 64.3 cm³/mol. The average Bonchev–Trinajstić information content (AvgIpc) is 2.40. The highest BCUT2D eigenvalue weighted by atomic mass is 16.1. The Hall–Kier alpha value is -2.07. The first-order chi connectivity index (χ1) is 8.12. The smallest absolute Gasteiger partial charge is 0.189 e. The van der Waals surface area contributed by atoms with Crippen molar-refractivity contribution in [3.63, 3.8) is 0 Å². The van der Waals surface area contributed by atoms with Gasteiger partial charge in [0.25, 0.3) is 0 Å². The Morgan fingerprint density at radius 2 is 1.76 bits per heavy atom. The van der Waals surface area contributed by atoms with Crippen LogP contribution in [0.2, 0.25) is 0 Å². The van der Waals surface area contributed by atoms with E-state index in [0.29, 0.717) is 5.56 Å². The summed E-state index contributed by atoms with van der Waals surface area (Å²) in [7, 11) is 0. The zero-order chi connectivity index (χ0) is 12.3. The molecule has 0 spiro atoms. The van der Waals surface area contributed by atoms with Gasteiger partial charge in [-0.2, -0.15) is 0 Å². The maximum atomic E-state index is 12.3. The standard InChI is InChI=1S/C13H13N3O/c1-13(14,11-5-3-2-4-6-11)12(17)10-7-15-9-16-8-10/h2-9H,14H2,1H3. The molecule has 0 amide bonds. The second-order valence-corrected chi connectivity index (χ2v) is 4.02. The lowest BCUT2D eigenvalue weighted by Gasteiger charge is -2.23. The molecule has 17 heavy (non-hydrogen) atoms. The Labute approximate surface area is 99.5 Å². The number of hydrogen-bond acceptors (Lipinski definition) is 4. The molecule has 2 aromatic rings. The van der Waals surface area contributed by atoms with E-state index in [-0.39, 0.29) is 5.78 Å². The summed E-state index contributed by atoms with van der Waals surface area (Å²) in [4.78, 5) is 19.9. The number of nitrogens with zero attached hydrogens (tertiary/aromatic N) is 2. The number of carbonyl (C=O) groups excluding carboxylic acids is 1. The van der Waals surface area contributed by atoms with E-state index in [1.807, 2.05) is 30.3 Å². The Morgan fingerprint density at radius 1 is 1.18 bits per heavy atom. The molecule has 0 bridgehead atoms. The number of rotatable bonds is 3. The minimum absolute atomic E-state index is 0.190. The molecule has 0 aliphatic rings. The molecule has 4 heteroatoms. The maximum Gasteiger partial charge on any atom is 0.189 e. The Balaban J connectivity index is 2.37. The summed E-state index contributed by atoms with van der Waals surface area (Å²) in [5, 5.41) is 0. The van der Waals surface area contributed by atoms with Gasteiger partial charge in [-0.05, 0) is 12.5 Å². The van der Waals surface area contributed by atoms with Crippen molar-refractivity contribution in [1.82, 2.24) is 9.97 Å². The first kappa shape index (κ1) is 11.4. The molecule has 0 aliphatic heterocycles. The molecular weight excluding hydrogens is 214 g/mol. The molecule has 4 nitrogen and oxygen atoms in total. The predicted octanol–water partition coefficient (Wildman–Crippen LogP) is 1.53. The molecule has 86 valence electrons. The van der Waals surface area contributed by atoms with Crippen LogP contribution in [0.5, 0.6) is 0 Å². The van der Waals surface area contributed by atoms with Crippen LogP contribution in [-0.2, 0) is 5.54 Å². The minimum atomic E-state index is -1.06. The van der Waals surface area contributed by atoms with Crippen LogP contribution in [-0.4, -0.2) is 15.8 Å². The molecule has 1 aromatic heterocycles. The van der Waals surface area contributed by atoms with Gasteiger partial charge in [-0.25, -0.2) is 9.97 Å². The quantitative estimate of drug-likeness (QED) is 0.807. The molecule has 1 heterocycles. The monoisotopic (exact) mass is 227 g/mol. The summed E-state index contributed by atoms with van der Waals surface area (Å²) in [6.45, 7) is 1.69. The Morgan fingerprint density at radius 3 is 2.35 bits per heavy atom. The van der Waals surface area contributed by atoms with Crippen LogP contribution in [0.4, 0.5) is 0 Å². The van der Waals surface area contributed by atoms with Crippen molar-refractivity contribution in [2.24, 2.45) is 5.73 Å². The molecule has 1 unspecified atom stereocenters. The zero-order valence-electron chi connectivity index (χ0n) is 9.50. The molecule has 0 saturated carbocycles. The molecule has 0 aliphatic carbocycles. The van der Waals surface area contributed by atoms with E-state index < -0.39 is 5.54 Å². The van der Waals surface area contributed by atoms with Crippen LogP contribution in [0.1, 0.15) is 22.8 Å². The van der Waals surface area contributed by atoms with Crippen molar-refractivity contribution in [2.45, 2.75) is 12.5 Å². The number of hydrogen-bond donors (Lipinski definition) is 1. The third-order valence-corrected chi connectivity index (χ3v) is 2.67. The zero-order valence-corrected chi connectivity index (χ0v) is 9.50. The summed E-state index contributed by atoms with van der Waals surface area (Å²) >= 11 is 0. The number of benzene rings is 1. The van der Waals surface area contributed by atoms with Gasteiger partial charge in [0.2, 0.25) is 0 Å². The third kappa shape index (κ3) is 2.21. The molecule has 0 radical (unpaired) electrons. The topological polar surface area (TPSA) is 68.9 Å². The van der Waals surface area contributed by atoms with Gasteiger partial charge in [0, 0.05) is 12.4 Å². The van der Waals surface area contributed by atoms with Crippen LogP contribution >= 0.6 is 0 Å². The summed E-state index contributed by atoms with van der Waals surface area (Å²) in [5.74, 6) is -0.190. The normalized spacial score (nSPS) is 14.0. The molecule has 1 aromatic carbocycles. The third-order valence-electron chi connectivity index (χ3n) is 2.67. The summed E-state index contributed by atoms with van der Waals surface area (Å²) < 4.78 is 0. The van der Waals surface area contributed by atoms with E-state index in [1.165, 1.54) is 18.7 Å². The fourth-order valence-corrected chi connectivity index (χ4v) is 1.63. The second kappa shape index (κ2) is 4.43. The van der Waals surface area contributed by atoms with E-state index >= 15 is 0 Å². The van der Waals surface area contributed by atoms with Crippen molar-refractivity contribution < 1.29 is 4.79 Å². The number of nitrogens with two attached hydrogens (primary N) is 1. The highest BCUT2D eigenvalue weighted by molar-refractivity contribution is 6.02. The molecular formula is C13H13N3O. The van der Waals surface area contributed by atoms with Gasteiger partial charge in [-0.15, -0.1) is 0 Å². The van der Waals surface area contributed by atoms with Crippen LogP contribution < -0.4 is 5.73 Å². The molecule has 0 fully saturated rings. The van der Waals surface area contributed by atoms with Crippen molar-refractivity contribution >= 4 is 5.78 Å². The molecule has 1 atom stereocenters. The largest absolute Gasteiger partial charge is 0.315 e. The van der Waals surface area contributed by atoms with Gasteiger partial charge < -0.3 is 5.73 Å². The number of carbonyl (C=O) groups is 1. The number of aromatic nitrogens is 2.